The van der Waals surface area contributed by atoms with Crippen LogP contribution in [0.2, 0.25) is 5.02 Å². The number of halogens is 3. The van der Waals surface area contributed by atoms with Gasteiger partial charge < -0.3 is 4.57 Å². The highest BCUT2D eigenvalue weighted by molar-refractivity contribution is 9.28. The van der Waals surface area contributed by atoms with Gasteiger partial charge in [0.2, 0.25) is 0 Å². The lowest BCUT2D eigenvalue weighted by atomic mass is 10.2. The Labute approximate surface area is 153 Å². The number of nitrogens with zero attached hydrogens (tertiary/aromatic N) is 3. The molecule has 0 aliphatic carbocycles. The average molecular weight is 460 g/mol. The second kappa shape index (κ2) is 7.08. The zero-order valence-electron chi connectivity index (χ0n) is 11.2. The fraction of sp³-hybridized carbons (Fsp3) is 0.0667. The van der Waals surface area contributed by atoms with E-state index in [1.54, 1.807) is 23.9 Å². The maximum absolute atomic E-state index is 5.95. The molecule has 0 aliphatic rings. The number of hydrogen-bond acceptors (Lipinski definition) is 3. The molecule has 0 saturated carbocycles. The Morgan fingerprint density at radius 1 is 1.27 bits per heavy atom. The van der Waals surface area contributed by atoms with Crippen LogP contribution in [0, 0.1) is 0 Å². The van der Waals surface area contributed by atoms with Gasteiger partial charge >= 0.3 is 0 Å². The van der Waals surface area contributed by atoms with Gasteiger partial charge in [0.05, 0.1) is 26.8 Å². The Hall–Kier alpha value is -0.950. The summed E-state index contributed by atoms with van der Waals surface area (Å²) in [6.07, 6.45) is 7.50. The van der Waals surface area contributed by atoms with Crippen LogP contribution in [0.4, 0.5) is 0 Å². The molecular formula is C15H10Br2ClN3S. The molecule has 3 rings (SSSR count). The molecule has 0 atom stereocenters. The van der Waals surface area contributed by atoms with E-state index in [1.807, 2.05) is 41.1 Å². The molecule has 1 aromatic carbocycles. The quantitative estimate of drug-likeness (QED) is 0.494. The Morgan fingerprint density at radius 2 is 2.05 bits per heavy atom. The summed E-state index contributed by atoms with van der Waals surface area (Å²) in [4.78, 5) is 9.95. The fourth-order valence-electron chi connectivity index (χ4n) is 1.96. The van der Waals surface area contributed by atoms with Gasteiger partial charge in [-0.2, -0.15) is 0 Å². The third-order valence-electron chi connectivity index (χ3n) is 2.95. The summed E-state index contributed by atoms with van der Waals surface area (Å²) in [5, 5.41) is 1.70. The van der Waals surface area contributed by atoms with Crippen LogP contribution >= 0.6 is 54.8 Å². The van der Waals surface area contributed by atoms with Crippen molar-refractivity contribution in [2.75, 3.05) is 0 Å². The first-order valence-corrected chi connectivity index (χ1v) is 9.14. The maximum atomic E-state index is 5.95. The Morgan fingerprint density at radius 3 is 2.68 bits per heavy atom. The lowest BCUT2D eigenvalue weighted by Gasteiger charge is -2.00. The zero-order chi connectivity index (χ0) is 15.5. The van der Waals surface area contributed by atoms with E-state index in [2.05, 4.69) is 36.8 Å². The number of thiazole rings is 1. The zero-order valence-corrected chi connectivity index (χ0v) is 16.0. The first-order valence-electron chi connectivity index (χ1n) is 6.36. The van der Waals surface area contributed by atoms with Crippen molar-refractivity contribution in [3.8, 4) is 10.6 Å². The van der Waals surface area contributed by atoms with Crippen LogP contribution in [0.25, 0.3) is 16.6 Å². The SMILES string of the molecule is Clc1ccc(-c2nc(Cn3ccnc3)c(C=C(Br)Br)s2)cc1. The van der Waals surface area contributed by atoms with Crippen LogP contribution in [0.5, 0.6) is 0 Å². The maximum Gasteiger partial charge on any atom is 0.124 e. The van der Waals surface area contributed by atoms with Crippen LogP contribution in [-0.4, -0.2) is 14.5 Å². The molecule has 0 bridgehead atoms. The molecule has 0 saturated heterocycles. The Kier molecular flexibility index (Phi) is 5.13. The summed E-state index contributed by atoms with van der Waals surface area (Å²) in [5.41, 5.74) is 2.07. The third-order valence-corrected chi connectivity index (χ3v) is 4.75. The largest absolute Gasteiger partial charge is 0.331 e. The third kappa shape index (κ3) is 3.87. The molecule has 3 nitrogen and oxygen atoms in total. The van der Waals surface area contributed by atoms with Crippen molar-refractivity contribution >= 4 is 60.9 Å². The molecule has 2 heterocycles. The van der Waals surface area contributed by atoms with Gasteiger partial charge in [-0.15, -0.1) is 11.3 Å². The van der Waals surface area contributed by atoms with E-state index < -0.39 is 0 Å². The summed E-state index contributed by atoms with van der Waals surface area (Å²) < 4.78 is 2.89. The van der Waals surface area contributed by atoms with E-state index in [0.717, 1.165) is 29.6 Å². The molecule has 3 aromatic rings. The number of hydrogen-bond donors (Lipinski definition) is 0. The number of imidazole rings is 1. The normalized spacial score (nSPS) is 10.7. The molecule has 2 aromatic heterocycles. The summed E-state index contributed by atoms with van der Waals surface area (Å²) in [7, 11) is 0. The van der Waals surface area contributed by atoms with Gasteiger partial charge in [-0.1, -0.05) is 23.7 Å². The van der Waals surface area contributed by atoms with Gasteiger partial charge in [-0.3, -0.25) is 0 Å². The molecule has 0 spiro atoms. The van der Waals surface area contributed by atoms with Crippen molar-refractivity contribution in [2.24, 2.45) is 0 Å². The van der Waals surface area contributed by atoms with E-state index in [0.29, 0.717) is 6.54 Å². The number of benzene rings is 1. The second-order valence-electron chi connectivity index (χ2n) is 4.51. The minimum Gasteiger partial charge on any atom is -0.331 e. The molecule has 0 aliphatic heterocycles. The van der Waals surface area contributed by atoms with Crippen molar-refractivity contribution in [1.29, 1.82) is 0 Å². The van der Waals surface area contributed by atoms with Gasteiger partial charge in [0.25, 0.3) is 0 Å². The standard InChI is InChI=1S/C15H10Br2ClN3S/c16-14(17)7-13-12(8-21-6-5-19-9-21)20-15(22-13)10-1-3-11(18)4-2-10/h1-7,9H,8H2. The van der Waals surface area contributed by atoms with Crippen molar-refractivity contribution in [3.05, 3.63) is 62.0 Å². The van der Waals surface area contributed by atoms with E-state index in [1.165, 1.54) is 0 Å². The van der Waals surface area contributed by atoms with Gasteiger partial charge in [-0.05, 0) is 50.1 Å². The predicted octanol–water partition coefficient (Wildman–Crippen LogP) is 5.80. The van der Waals surface area contributed by atoms with Crippen LogP contribution < -0.4 is 0 Å². The summed E-state index contributed by atoms with van der Waals surface area (Å²) in [6, 6.07) is 7.73. The van der Waals surface area contributed by atoms with E-state index in [9.17, 15) is 0 Å². The van der Waals surface area contributed by atoms with Crippen molar-refractivity contribution in [3.63, 3.8) is 0 Å². The lowest BCUT2D eigenvalue weighted by Crippen LogP contribution is -1.98. The second-order valence-corrected chi connectivity index (χ2v) is 8.75. The highest BCUT2D eigenvalue weighted by Gasteiger charge is 2.12. The topological polar surface area (TPSA) is 30.7 Å². The molecule has 112 valence electrons. The van der Waals surface area contributed by atoms with Gasteiger partial charge in [0.15, 0.2) is 0 Å². The molecule has 7 heteroatoms. The number of aromatic nitrogens is 3. The van der Waals surface area contributed by atoms with Crippen molar-refractivity contribution < 1.29 is 0 Å². The van der Waals surface area contributed by atoms with E-state index >= 15 is 0 Å². The highest BCUT2D eigenvalue weighted by atomic mass is 79.9. The molecule has 0 unspecified atom stereocenters. The smallest absolute Gasteiger partial charge is 0.124 e. The van der Waals surface area contributed by atoms with Crippen molar-refractivity contribution in [2.45, 2.75) is 6.54 Å². The van der Waals surface area contributed by atoms with Gasteiger partial charge in [0.1, 0.15) is 5.01 Å². The summed E-state index contributed by atoms with van der Waals surface area (Å²) in [6.45, 7) is 0.684. The molecule has 22 heavy (non-hydrogen) atoms. The molecule has 0 N–H and O–H groups in total. The average Bonchev–Trinajstić information content (AvgIpc) is 3.10. The fourth-order valence-corrected chi connectivity index (χ4v) is 3.87. The first-order chi connectivity index (χ1) is 10.6. The Balaban J connectivity index is 2.00. The molecular weight excluding hydrogens is 450 g/mol. The highest BCUT2D eigenvalue weighted by Crippen LogP contribution is 2.32. The predicted molar refractivity (Wildman–Crippen MR) is 99.7 cm³/mol. The van der Waals surface area contributed by atoms with Crippen LogP contribution in [0.3, 0.4) is 0 Å². The number of rotatable bonds is 4. The minimum atomic E-state index is 0.684. The summed E-state index contributed by atoms with van der Waals surface area (Å²) in [5.74, 6) is 0. The summed E-state index contributed by atoms with van der Waals surface area (Å²) >= 11 is 14.4. The van der Waals surface area contributed by atoms with Gasteiger partial charge in [-0.25, -0.2) is 9.97 Å². The van der Waals surface area contributed by atoms with E-state index in [4.69, 9.17) is 16.6 Å². The molecule has 0 fully saturated rings. The lowest BCUT2D eigenvalue weighted by molar-refractivity contribution is 0.778. The van der Waals surface area contributed by atoms with Crippen LogP contribution in [0.1, 0.15) is 10.6 Å². The van der Waals surface area contributed by atoms with Crippen LogP contribution in [0.15, 0.2) is 46.4 Å². The Bertz CT molecular complexity index is 791. The van der Waals surface area contributed by atoms with E-state index in [-0.39, 0.29) is 0 Å². The molecule has 0 amide bonds. The van der Waals surface area contributed by atoms with Crippen LogP contribution in [-0.2, 0) is 6.54 Å². The van der Waals surface area contributed by atoms with Crippen molar-refractivity contribution in [1.82, 2.24) is 14.5 Å². The molecule has 0 radical (unpaired) electrons. The van der Waals surface area contributed by atoms with Gasteiger partial charge in [0, 0.05) is 23.0 Å². The monoisotopic (exact) mass is 457 g/mol. The first kappa shape index (κ1) is 15.9. The minimum absolute atomic E-state index is 0.684.